The average Bonchev–Trinajstić information content (AvgIpc) is 2.55. The van der Waals surface area contributed by atoms with Gasteiger partial charge in [0.2, 0.25) is 5.91 Å². The summed E-state index contributed by atoms with van der Waals surface area (Å²) >= 11 is 5.96. The first-order chi connectivity index (χ1) is 13.0. The van der Waals surface area contributed by atoms with Crippen LogP contribution in [-0.4, -0.2) is 42.0 Å². The number of carbonyl (C=O) groups is 2. The van der Waals surface area contributed by atoms with Gasteiger partial charge in [0.1, 0.15) is 6.61 Å². The lowest BCUT2D eigenvalue weighted by molar-refractivity contribution is -0.153. The van der Waals surface area contributed by atoms with Crippen molar-refractivity contribution in [1.82, 2.24) is 4.90 Å². The first-order valence-electron chi connectivity index (χ1n) is 9.34. The molecule has 0 aromatic heterocycles. The minimum atomic E-state index is -2.98. The third-order valence-electron chi connectivity index (χ3n) is 5.63. The number of likely N-dealkylation sites (tertiary alicyclic amines) is 1. The highest BCUT2D eigenvalue weighted by Crippen LogP contribution is 2.41. The predicted octanol–water partition coefficient (Wildman–Crippen LogP) is 3.26. The van der Waals surface area contributed by atoms with Gasteiger partial charge < -0.3 is 15.4 Å². The number of aryl methyl sites for hydroxylation is 1. The Hall–Kier alpha value is -1.73. The quantitative estimate of drug-likeness (QED) is 0.725. The van der Waals surface area contributed by atoms with Crippen LogP contribution in [0.5, 0.6) is 0 Å². The van der Waals surface area contributed by atoms with Gasteiger partial charge >= 0.3 is 5.97 Å². The first kappa shape index (κ1) is 21.0. The number of carbonyl (C=O) groups excluding carboxylic acids is 2. The smallest absolute Gasteiger partial charge is 0.302 e. The van der Waals surface area contributed by atoms with Gasteiger partial charge in [-0.15, -0.1) is 0 Å². The number of hydrogen-bond donors (Lipinski definition) is 1. The molecule has 1 saturated carbocycles. The molecule has 2 N–H and O–H groups in total. The summed E-state index contributed by atoms with van der Waals surface area (Å²) in [6.45, 7) is 3.83. The number of nitrogens with two attached hydrogens (primary N) is 1. The van der Waals surface area contributed by atoms with Crippen molar-refractivity contribution < 1.29 is 23.1 Å². The van der Waals surface area contributed by atoms with E-state index in [-0.39, 0.29) is 36.3 Å². The molecule has 0 unspecified atom stereocenters. The molecule has 2 fully saturated rings. The van der Waals surface area contributed by atoms with Crippen LogP contribution in [0.4, 0.5) is 8.78 Å². The summed E-state index contributed by atoms with van der Waals surface area (Å²) in [5.41, 5.74) is 6.08. The lowest BCUT2D eigenvalue weighted by Crippen LogP contribution is -2.62. The van der Waals surface area contributed by atoms with Crippen molar-refractivity contribution in [3.63, 3.8) is 0 Å². The number of rotatable bonds is 6. The molecule has 1 aliphatic heterocycles. The lowest BCUT2D eigenvalue weighted by Gasteiger charge is -2.48. The van der Waals surface area contributed by atoms with Crippen LogP contribution >= 0.6 is 11.6 Å². The normalized spacial score (nSPS) is 25.1. The van der Waals surface area contributed by atoms with Crippen LogP contribution in [0.25, 0.3) is 0 Å². The van der Waals surface area contributed by atoms with Crippen LogP contribution in [0.3, 0.4) is 0 Å². The van der Waals surface area contributed by atoms with Crippen molar-refractivity contribution in [1.29, 1.82) is 0 Å². The van der Waals surface area contributed by atoms with Crippen LogP contribution in [0.15, 0.2) is 18.2 Å². The molecule has 0 spiro atoms. The molecular weight excluding hydrogens is 390 g/mol. The second-order valence-corrected chi connectivity index (χ2v) is 8.64. The molecule has 1 aliphatic carbocycles. The number of hydrogen-bond acceptors (Lipinski definition) is 4. The molecule has 3 rings (SSSR count). The van der Waals surface area contributed by atoms with E-state index < -0.39 is 17.4 Å². The van der Waals surface area contributed by atoms with Gasteiger partial charge in [0.05, 0.1) is 5.54 Å². The van der Waals surface area contributed by atoms with Crippen molar-refractivity contribution >= 4 is 23.5 Å². The van der Waals surface area contributed by atoms with E-state index in [1.165, 1.54) is 19.1 Å². The van der Waals surface area contributed by atoms with Gasteiger partial charge in [-0.05, 0) is 31.4 Å². The maximum atomic E-state index is 14.5. The first-order valence-corrected chi connectivity index (χ1v) is 9.72. The van der Waals surface area contributed by atoms with Gasteiger partial charge in [-0.2, -0.15) is 0 Å². The number of alkyl halides is 2. The third kappa shape index (κ3) is 4.46. The molecule has 0 atom stereocenters. The number of esters is 1. The molecule has 1 aromatic rings. The Kier molecular flexibility index (Phi) is 5.69. The predicted molar refractivity (Wildman–Crippen MR) is 101 cm³/mol. The van der Waals surface area contributed by atoms with Crippen molar-refractivity contribution in [2.45, 2.75) is 44.6 Å². The van der Waals surface area contributed by atoms with Crippen LogP contribution in [0.2, 0.25) is 5.02 Å². The van der Waals surface area contributed by atoms with E-state index in [0.717, 1.165) is 5.56 Å². The summed E-state index contributed by atoms with van der Waals surface area (Å²) in [4.78, 5) is 24.9. The van der Waals surface area contributed by atoms with Crippen LogP contribution in [0, 0.1) is 18.8 Å². The van der Waals surface area contributed by atoms with E-state index >= 15 is 0 Å². The molecular formula is C20H25ClF2N2O3. The molecule has 1 heterocycles. The summed E-state index contributed by atoms with van der Waals surface area (Å²) < 4.78 is 34.0. The number of halogens is 3. The van der Waals surface area contributed by atoms with Crippen molar-refractivity contribution in [2.24, 2.45) is 17.6 Å². The van der Waals surface area contributed by atoms with E-state index in [9.17, 15) is 18.4 Å². The number of benzene rings is 1. The molecule has 154 valence electrons. The Morgan fingerprint density at radius 3 is 2.57 bits per heavy atom. The minimum absolute atomic E-state index is 0.0538. The highest BCUT2D eigenvalue weighted by molar-refractivity contribution is 6.31. The summed E-state index contributed by atoms with van der Waals surface area (Å²) in [6.07, 6.45) is 0.574. The minimum Gasteiger partial charge on any atom is -0.464 e. The highest BCUT2D eigenvalue weighted by atomic mass is 35.5. The third-order valence-corrected chi connectivity index (χ3v) is 6.03. The number of ether oxygens (including phenoxy) is 1. The van der Waals surface area contributed by atoms with Crippen LogP contribution < -0.4 is 5.73 Å². The molecule has 1 saturated heterocycles. The highest BCUT2D eigenvalue weighted by Gasteiger charge is 2.49. The van der Waals surface area contributed by atoms with Gasteiger partial charge in [0.25, 0.3) is 5.92 Å². The lowest BCUT2D eigenvalue weighted by atomic mass is 9.68. The van der Waals surface area contributed by atoms with E-state index in [2.05, 4.69) is 0 Å². The number of amides is 1. The second kappa shape index (κ2) is 7.59. The average molecular weight is 415 g/mol. The Morgan fingerprint density at radius 1 is 1.36 bits per heavy atom. The SMILES string of the molecule is CC(=O)OCC1(N)CC(C(=O)N2CC(CC(F)(F)c3ccc(C)c(Cl)c3)C2)C1. The van der Waals surface area contributed by atoms with Crippen LogP contribution in [0.1, 0.15) is 37.3 Å². The number of nitrogens with zero attached hydrogens (tertiary/aromatic N) is 1. The Morgan fingerprint density at radius 2 is 2.00 bits per heavy atom. The van der Waals surface area contributed by atoms with Crippen LogP contribution in [-0.2, 0) is 20.2 Å². The maximum absolute atomic E-state index is 14.5. The summed E-state index contributed by atoms with van der Waals surface area (Å²) in [5, 5.41) is 0.326. The van der Waals surface area contributed by atoms with Gasteiger partial charge in [-0.3, -0.25) is 9.59 Å². The Labute approximate surface area is 168 Å². The van der Waals surface area contributed by atoms with Crippen molar-refractivity contribution in [3.8, 4) is 0 Å². The van der Waals surface area contributed by atoms with Crippen molar-refractivity contribution in [2.75, 3.05) is 19.7 Å². The van der Waals surface area contributed by atoms with Gasteiger partial charge in [0, 0.05) is 48.9 Å². The zero-order valence-corrected chi connectivity index (χ0v) is 16.8. The fraction of sp³-hybridized carbons (Fsp3) is 0.600. The van der Waals surface area contributed by atoms with E-state index in [1.807, 2.05) is 0 Å². The molecule has 1 aromatic carbocycles. The standard InChI is InChI=1S/C20H25ClF2N2O3/c1-12-3-4-16(5-17(12)21)20(22,23)6-14-9-25(10-14)18(27)15-7-19(24,8-15)11-28-13(2)26/h3-5,14-15H,6-11,24H2,1-2H3. The maximum Gasteiger partial charge on any atom is 0.302 e. The fourth-order valence-electron chi connectivity index (χ4n) is 3.90. The molecule has 5 nitrogen and oxygen atoms in total. The van der Waals surface area contributed by atoms with Crippen molar-refractivity contribution in [3.05, 3.63) is 34.3 Å². The monoisotopic (exact) mass is 414 g/mol. The van der Waals surface area contributed by atoms with Gasteiger partial charge in [0.15, 0.2) is 0 Å². The zero-order valence-electron chi connectivity index (χ0n) is 16.0. The molecule has 0 radical (unpaired) electrons. The zero-order chi connectivity index (χ0) is 20.7. The topological polar surface area (TPSA) is 72.6 Å². The molecule has 8 heteroatoms. The summed E-state index contributed by atoms with van der Waals surface area (Å²) in [7, 11) is 0. The molecule has 2 aliphatic rings. The van der Waals surface area contributed by atoms with Gasteiger partial charge in [-0.1, -0.05) is 23.7 Å². The molecule has 1 amide bonds. The largest absolute Gasteiger partial charge is 0.464 e. The Bertz CT molecular complexity index is 775. The molecule has 0 bridgehead atoms. The van der Waals surface area contributed by atoms with Gasteiger partial charge in [-0.25, -0.2) is 8.78 Å². The van der Waals surface area contributed by atoms with E-state index in [1.54, 1.807) is 17.9 Å². The van der Waals surface area contributed by atoms with E-state index in [4.69, 9.17) is 22.1 Å². The Balaban J connectivity index is 1.46. The second-order valence-electron chi connectivity index (χ2n) is 8.23. The fourth-order valence-corrected chi connectivity index (χ4v) is 4.08. The summed E-state index contributed by atoms with van der Waals surface area (Å²) in [5.74, 6) is -3.91. The molecule has 28 heavy (non-hydrogen) atoms. The van der Waals surface area contributed by atoms with E-state index in [0.29, 0.717) is 31.0 Å². The summed E-state index contributed by atoms with van der Waals surface area (Å²) in [6, 6.07) is 4.31.